The monoisotopic (exact) mass is 406 g/mol. The minimum atomic E-state index is 0.0799. The van der Waals surface area contributed by atoms with Crippen LogP contribution in [0.5, 0.6) is 6.01 Å². The fourth-order valence-electron chi connectivity index (χ4n) is 3.89. The van der Waals surface area contributed by atoms with E-state index in [2.05, 4.69) is 45.5 Å². The first-order valence-electron chi connectivity index (χ1n) is 10.5. The van der Waals surface area contributed by atoms with Crippen LogP contribution in [0.25, 0.3) is 22.1 Å². The number of nitrogens with one attached hydrogen (secondary N) is 2. The number of anilines is 1. The van der Waals surface area contributed by atoms with Crippen molar-refractivity contribution >= 4 is 28.0 Å². The second-order valence-corrected chi connectivity index (χ2v) is 7.97. The first-order chi connectivity index (χ1) is 14.7. The van der Waals surface area contributed by atoms with Crippen LogP contribution in [0.2, 0.25) is 0 Å². The molecule has 0 amide bonds. The molecule has 1 saturated heterocycles. The van der Waals surface area contributed by atoms with Gasteiger partial charge in [0.05, 0.1) is 12.6 Å². The highest BCUT2D eigenvalue weighted by molar-refractivity contribution is 5.84. The molecule has 0 unspecified atom stereocenters. The summed E-state index contributed by atoms with van der Waals surface area (Å²) >= 11 is 0. The van der Waals surface area contributed by atoms with Gasteiger partial charge in [-0.3, -0.25) is 0 Å². The maximum Gasteiger partial charge on any atom is 0.320 e. The van der Waals surface area contributed by atoms with Crippen molar-refractivity contribution in [1.29, 1.82) is 0 Å². The minimum Gasteiger partial charge on any atom is -0.464 e. The number of nitrogens with zero attached hydrogens (tertiary/aromatic N) is 4. The van der Waals surface area contributed by atoms with Crippen LogP contribution in [0.15, 0.2) is 41.3 Å². The van der Waals surface area contributed by atoms with Gasteiger partial charge in [-0.1, -0.05) is 18.2 Å². The molecule has 0 spiro atoms. The van der Waals surface area contributed by atoms with Gasteiger partial charge in [0.1, 0.15) is 11.7 Å². The number of hydrogen-bond acceptors (Lipinski definition) is 7. The molecule has 1 aliphatic rings. The third-order valence-corrected chi connectivity index (χ3v) is 5.49. The Balaban J connectivity index is 1.48. The number of hydrogen-bond donors (Lipinski definition) is 2. The molecule has 4 aromatic rings. The highest BCUT2D eigenvalue weighted by Crippen LogP contribution is 2.27. The van der Waals surface area contributed by atoms with Crippen molar-refractivity contribution < 1.29 is 9.15 Å². The van der Waals surface area contributed by atoms with Crippen LogP contribution in [0.1, 0.15) is 38.3 Å². The van der Waals surface area contributed by atoms with Crippen molar-refractivity contribution in [3.8, 4) is 6.01 Å². The fraction of sp³-hybridized carbons (Fsp3) is 0.409. The van der Waals surface area contributed by atoms with E-state index in [0.717, 1.165) is 53.6 Å². The first-order valence-corrected chi connectivity index (χ1v) is 10.5. The van der Waals surface area contributed by atoms with Gasteiger partial charge in [0, 0.05) is 30.1 Å². The lowest BCUT2D eigenvalue weighted by atomic mass is 10.1. The zero-order valence-electron chi connectivity index (χ0n) is 17.3. The molecule has 4 heterocycles. The summed E-state index contributed by atoms with van der Waals surface area (Å²) in [6.45, 7) is 6.63. The molecule has 156 valence electrons. The van der Waals surface area contributed by atoms with Gasteiger partial charge in [0.2, 0.25) is 0 Å². The summed E-state index contributed by atoms with van der Waals surface area (Å²) in [6.07, 6.45) is 5.70. The van der Waals surface area contributed by atoms with Crippen molar-refractivity contribution in [2.45, 2.75) is 45.4 Å². The van der Waals surface area contributed by atoms with Gasteiger partial charge in [-0.05, 0) is 39.3 Å². The maximum atomic E-state index is 6.13. The Kier molecular flexibility index (Phi) is 5.00. The highest BCUT2D eigenvalue weighted by Gasteiger charge is 2.20. The average molecular weight is 406 g/mol. The summed E-state index contributed by atoms with van der Waals surface area (Å²) in [5.74, 6) is 0.668. The van der Waals surface area contributed by atoms with Crippen LogP contribution in [-0.4, -0.2) is 38.7 Å². The number of benzene rings is 1. The van der Waals surface area contributed by atoms with E-state index in [1.807, 2.05) is 29.1 Å². The van der Waals surface area contributed by atoms with Crippen LogP contribution in [0, 0.1) is 0 Å². The summed E-state index contributed by atoms with van der Waals surface area (Å²) in [5, 5.41) is 7.89. The van der Waals surface area contributed by atoms with E-state index in [0.29, 0.717) is 18.4 Å². The van der Waals surface area contributed by atoms with E-state index >= 15 is 0 Å². The van der Waals surface area contributed by atoms with Crippen LogP contribution < -0.4 is 15.4 Å². The Labute approximate surface area is 174 Å². The van der Waals surface area contributed by atoms with Gasteiger partial charge in [-0.25, -0.2) is 4.98 Å². The number of para-hydroxylation sites is 1. The van der Waals surface area contributed by atoms with Crippen molar-refractivity contribution in [2.24, 2.45) is 0 Å². The van der Waals surface area contributed by atoms with E-state index in [1.165, 1.54) is 0 Å². The number of rotatable bonds is 6. The number of furan rings is 1. The first kappa shape index (κ1) is 18.9. The molecule has 1 atom stereocenters. The normalized spacial score (nSPS) is 17.1. The molecule has 0 radical (unpaired) electrons. The van der Waals surface area contributed by atoms with Crippen LogP contribution in [0.3, 0.4) is 0 Å². The average Bonchev–Trinajstić information content (AvgIpc) is 3.40. The zero-order valence-corrected chi connectivity index (χ0v) is 17.3. The number of fused-ring (bicyclic) bond motifs is 2. The Morgan fingerprint density at radius 3 is 3.07 bits per heavy atom. The van der Waals surface area contributed by atoms with Crippen LogP contribution in [-0.2, 0) is 6.54 Å². The lowest BCUT2D eigenvalue weighted by Crippen LogP contribution is -2.37. The van der Waals surface area contributed by atoms with Crippen LogP contribution in [0.4, 0.5) is 5.82 Å². The third-order valence-electron chi connectivity index (χ3n) is 5.49. The SMILES string of the molecule is CC(C)n1cnc2c(NCc3cccc4ccoc34)nc(O[C@@H]3CCCNC3)nc21. The summed E-state index contributed by atoms with van der Waals surface area (Å²) in [7, 11) is 0. The molecular formula is C22H26N6O2. The fourth-order valence-corrected chi connectivity index (χ4v) is 3.89. The van der Waals surface area contributed by atoms with E-state index in [9.17, 15) is 0 Å². The van der Waals surface area contributed by atoms with Crippen molar-refractivity contribution in [1.82, 2.24) is 24.8 Å². The summed E-state index contributed by atoms with van der Waals surface area (Å²) in [6, 6.07) is 8.71. The van der Waals surface area contributed by atoms with Gasteiger partial charge >= 0.3 is 6.01 Å². The summed E-state index contributed by atoms with van der Waals surface area (Å²) < 4.78 is 13.8. The lowest BCUT2D eigenvalue weighted by Gasteiger charge is -2.23. The van der Waals surface area contributed by atoms with Gasteiger partial charge < -0.3 is 24.4 Å². The van der Waals surface area contributed by atoms with E-state index in [4.69, 9.17) is 9.15 Å². The second kappa shape index (κ2) is 7.95. The molecule has 8 heteroatoms. The standard InChI is InChI=1S/C22H26N6O2/c1-14(2)28-13-25-18-20(24-11-16-6-3-5-15-8-10-29-19(15)16)26-22(27-21(18)28)30-17-7-4-9-23-12-17/h3,5-6,8,10,13-14,17,23H,4,7,9,11-12H2,1-2H3,(H,24,26,27)/t17-/m1/s1. The largest absolute Gasteiger partial charge is 0.464 e. The molecule has 30 heavy (non-hydrogen) atoms. The minimum absolute atomic E-state index is 0.0799. The van der Waals surface area contributed by atoms with E-state index in [1.54, 1.807) is 6.26 Å². The molecule has 2 N–H and O–H groups in total. The Morgan fingerprint density at radius 1 is 1.30 bits per heavy atom. The van der Waals surface area contributed by atoms with Gasteiger partial charge in [0.25, 0.3) is 0 Å². The molecule has 0 aliphatic carbocycles. The molecule has 0 saturated carbocycles. The quantitative estimate of drug-likeness (QED) is 0.502. The third kappa shape index (κ3) is 3.59. The Morgan fingerprint density at radius 2 is 2.23 bits per heavy atom. The summed E-state index contributed by atoms with van der Waals surface area (Å²) in [4.78, 5) is 13.9. The second-order valence-electron chi connectivity index (χ2n) is 7.97. The predicted molar refractivity (Wildman–Crippen MR) is 116 cm³/mol. The number of ether oxygens (including phenoxy) is 1. The molecule has 1 aliphatic heterocycles. The molecule has 8 nitrogen and oxygen atoms in total. The van der Waals surface area contributed by atoms with Crippen molar-refractivity contribution in [3.63, 3.8) is 0 Å². The molecule has 5 rings (SSSR count). The molecule has 1 fully saturated rings. The summed E-state index contributed by atoms with van der Waals surface area (Å²) in [5.41, 5.74) is 3.46. The predicted octanol–water partition coefficient (Wildman–Crippen LogP) is 3.90. The van der Waals surface area contributed by atoms with E-state index < -0.39 is 0 Å². The smallest absolute Gasteiger partial charge is 0.320 e. The van der Waals surface area contributed by atoms with Crippen LogP contribution >= 0.6 is 0 Å². The van der Waals surface area contributed by atoms with Crippen molar-refractivity contribution in [3.05, 3.63) is 42.4 Å². The maximum absolute atomic E-state index is 6.13. The topological polar surface area (TPSA) is 90.0 Å². The number of aromatic nitrogens is 4. The van der Waals surface area contributed by atoms with Gasteiger partial charge in [0.15, 0.2) is 17.0 Å². The molecule has 3 aromatic heterocycles. The zero-order chi connectivity index (χ0) is 20.5. The Hall–Kier alpha value is -3.13. The Bertz CT molecular complexity index is 1160. The van der Waals surface area contributed by atoms with Gasteiger partial charge in [-0.2, -0.15) is 9.97 Å². The molecule has 0 bridgehead atoms. The molecular weight excluding hydrogens is 380 g/mol. The van der Waals surface area contributed by atoms with E-state index in [-0.39, 0.29) is 12.1 Å². The number of imidazole rings is 1. The van der Waals surface area contributed by atoms with Gasteiger partial charge in [-0.15, -0.1) is 0 Å². The number of piperidine rings is 1. The van der Waals surface area contributed by atoms with Crippen molar-refractivity contribution in [2.75, 3.05) is 18.4 Å². The highest BCUT2D eigenvalue weighted by atomic mass is 16.5. The lowest BCUT2D eigenvalue weighted by molar-refractivity contribution is 0.154. The molecule has 1 aromatic carbocycles.